The summed E-state index contributed by atoms with van der Waals surface area (Å²) in [6, 6.07) is 13.6. The lowest BCUT2D eigenvalue weighted by Crippen LogP contribution is -2.25. The molecule has 1 aromatic heterocycles. The first kappa shape index (κ1) is 23.2. The number of nitrogens with zero attached hydrogens (tertiary/aromatic N) is 2. The molecule has 0 radical (unpaired) electrons. The minimum absolute atomic E-state index is 0. The van der Waals surface area contributed by atoms with Crippen molar-refractivity contribution in [1.82, 2.24) is 9.55 Å². The van der Waals surface area contributed by atoms with Crippen LogP contribution in [-0.4, -0.2) is 41.6 Å². The lowest BCUT2D eigenvalue weighted by atomic mass is 9.88. The number of halogens is 1. The molecule has 1 atom stereocenters. The molecule has 0 bridgehead atoms. The predicted octanol–water partition coefficient (Wildman–Crippen LogP) is 4.96. The summed E-state index contributed by atoms with van der Waals surface area (Å²) in [5.41, 5.74) is 2.05. The second-order valence-corrected chi connectivity index (χ2v) is 7.86. The normalized spacial score (nSPS) is 15.3. The molecule has 1 saturated carbocycles. The van der Waals surface area contributed by atoms with E-state index in [1.54, 1.807) is 14.2 Å². The number of aliphatic hydroxyl groups excluding tert-OH is 1. The number of aromatic nitrogens is 2. The average Bonchev–Trinajstić information content (AvgIpc) is 3.16. The number of rotatable bonds is 8. The first-order valence-electron chi connectivity index (χ1n) is 10.7. The monoisotopic (exact) mass is 446 g/mol. The van der Waals surface area contributed by atoms with Crippen molar-refractivity contribution in [3.8, 4) is 17.2 Å². The van der Waals surface area contributed by atoms with Crippen molar-refractivity contribution in [3.63, 3.8) is 0 Å². The zero-order valence-corrected chi connectivity index (χ0v) is 18.9. The van der Waals surface area contributed by atoms with E-state index in [2.05, 4.69) is 10.6 Å². The second-order valence-electron chi connectivity index (χ2n) is 7.86. The Balaban J connectivity index is 0.00000272. The van der Waals surface area contributed by atoms with Crippen LogP contribution >= 0.6 is 12.4 Å². The Hall–Kier alpha value is -2.44. The zero-order valence-electron chi connectivity index (χ0n) is 18.1. The van der Waals surface area contributed by atoms with Crippen LogP contribution in [0.3, 0.4) is 0 Å². The quantitative estimate of drug-likeness (QED) is 0.529. The van der Waals surface area contributed by atoms with Gasteiger partial charge in [0.25, 0.3) is 0 Å². The largest absolute Gasteiger partial charge is 0.493 e. The molecule has 1 unspecified atom stereocenters. The smallest absolute Gasteiger partial charge is 0.203 e. The Bertz CT molecular complexity index is 963. The van der Waals surface area contributed by atoms with Gasteiger partial charge < -0.3 is 23.9 Å². The molecule has 3 aromatic rings. The Labute approximate surface area is 189 Å². The first-order valence-corrected chi connectivity index (χ1v) is 10.7. The zero-order chi connectivity index (χ0) is 20.9. The summed E-state index contributed by atoms with van der Waals surface area (Å²) in [7, 11) is 3.18. The number of hydrogen-bond acceptors (Lipinski definition) is 5. The number of imidazole rings is 1. The number of methoxy groups -OCH3 is 2. The van der Waals surface area contributed by atoms with Crippen LogP contribution in [0.15, 0.2) is 42.5 Å². The maximum atomic E-state index is 10.8. The van der Waals surface area contributed by atoms with Gasteiger partial charge >= 0.3 is 0 Å². The fourth-order valence-electron chi connectivity index (χ4n) is 4.36. The summed E-state index contributed by atoms with van der Waals surface area (Å²) in [6.07, 6.45) is 5.41. The molecular formula is C24H31ClN2O4. The third kappa shape index (κ3) is 5.08. The standard InChI is InChI=1S/C24H30N2O4.ClH/c1-28-21-13-8-14-22(29-2)23(21)30-16-18(27)15-26-20-12-7-6-11-19(20)25-24(26)17-9-4-3-5-10-17;/h6-8,11-14,17-18,27H,3-5,9-10,15-16H2,1-2H3;1H. The number of hydrogen-bond donors (Lipinski definition) is 1. The van der Waals surface area contributed by atoms with E-state index in [1.807, 2.05) is 36.4 Å². The summed E-state index contributed by atoms with van der Waals surface area (Å²) < 4.78 is 18.9. The molecule has 1 fully saturated rings. The maximum absolute atomic E-state index is 10.8. The highest BCUT2D eigenvalue weighted by molar-refractivity contribution is 5.85. The summed E-state index contributed by atoms with van der Waals surface area (Å²) in [6.45, 7) is 0.567. The highest BCUT2D eigenvalue weighted by atomic mass is 35.5. The number of ether oxygens (including phenoxy) is 3. The van der Waals surface area contributed by atoms with Gasteiger partial charge in [0.15, 0.2) is 11.5 Å². The lowest BCUT2D eigenvalue weighted by molar-refractivity contribution is 0.0891. The van der Waals surface area contributed by atoms with Gasteiger partial charge in [-0.25, -0.2) is 4.98 Å². The topological polar surface area (TPSA) is 65.7 Å². The van der Waals surface area contributed by atoms with Gasteiger partial charge in [-0.1, -0.05) is 37.5 Å². The van der Waals surface area contributed by atoms with Crippen molar-refractivity contribution in [1.29, 1.82) is 0 Å². The Morgan fingerprint density at radius 2 is 1.68 bits per heavy atom. The fourth-order valence-corrected chi connectivity index (χ4v) is 4.36. The van der Waals surface area contributed by atoms with Crippen LogP contribution in [0.2, 0.25) is 0 Å². The van der Waals surface area contributed by atoms with E-state index in [0.717, 1.165) is 29.7 Å². The van der Waals surface area contributed by atoms with Crippen LogP contribution in [0, 0.1) is 0 Å². The molecule has 0 amide bonds. The second kappa shape index (κ2) is 10.7. The van der Waals surface area contributed by atoms with Gasteiger partial charge in [-0.05, 0) is 37.1 Å². The summed E-state index contributed by atoms with van der Waals surface area (Å²) >= 11 is 0. The fraction of sp³-hybridized carbons (Fsp3) is 0.458. The van der Waals surface area contributed by atoms with Crippen molar-refractivity contribution < 1.29 is 19.3 Å². The van der Waals surface area contributed by atoms with E-state index in [4.69, 9.17) is 19.2 Å². The molecule has 6 nitrogen and oxygen atoms in total. The van der Waals surface area contributed by atoms with Gasteiger partial charge in [-0.3, -0.25) is 0 Å². The van der Waals surface area contributed by atoms with Crippen LogP contribution in [0.5, 0.6) is 17.2 Å². The highest BCUT2D eigenvalue weighted by Crippen LogP contribution is 2.37. The van der Waals surface area contributed by atoms with Crippen LogP contribution in [0.1, 0.15) is 43.8 Å². The highest BCUT2D eigenvalue weighted by Gasteiger charge is 2.24. The van der Waals surface area contributed by atoms with Crippen molar-refractivity contribution in [2.75, 3.05) is 20.8 Å². The van der Waals surface area contributed by atoms with Crippen molar-refractivity contribution in [2.45, 2.75) is 50.7 Å². The van der Waals surface area contributed by atoms with Crippen molar-refractivity contribution >= 4 is 23.4 Å². The van der Waals surface area contributed by atoms with E-state index in [1.165, 1.54) is 19.3 Å². The van der Waals surface area contributed by atoms with Crippen LogP contribution in [0.4, 0.5) is 0 Å². The Morgan fingerprint density at radius 3 is 2.35 bits per heavy atom. The van der Waals surface area contributed by atoms with Gasteiger partial charge in [0.1, 0.15) is 18.5 Å². The molecule has 7 heteroatoms. The number of benzene rings is 2. The number of aliphatic hydroxyl groups is 1. The molecular weight excluding hydrogens is 416 g/mol. The van der Waals surface area contributed by atoms with Gasteiger partial charge in [-0.15, -0.1) is 12.4 Å². The molecule has 2 aromatic carbocycles. The Kier molecular flexibility index (Phi) is 8.04. The van der Waals surface area contributed by atoms with E-state index >= 15 is 0 Å². The van der Waals surface area contributed by atoms with Crippen molar-refractivity contribution in [2.24, 2.45) is 0 Å². The van der Waals surface area contributed by atoms with Crippen LogP contribution < -0.4 is 14.2 Å². The molecule has 1 N–H and O–H groups in total. The minimum atomic E-state index is -0.695. The predicted molar refractivity (Wildman–Crippen MR) is 124 cm³/mol. The van der Waals surface area contributed by atoms with Gasteiger partial charge in [-0.2, -0.15) is 0 Å². The molecule has 0 saturated heterocycles. The van der Waals surface area contributed by atoms with Gasteiger partial charge in [0.2, 0.25) is 5.75 Å². The molecule has 31 heavy (non-hydrogen) atoms. The molecule has 0 aliphatic heterocycles. The summed E-state index contributed by atoms with van der Waals surface area (Å²) in [5, 5.41) is 10.8. The van der Waals surface area contributed by atoms with Gasteiger partial charge in [0, 0.05) is 5.92 Å². The number of para-hydroxylation sites is 3. The summed E-state index contributed by atoms with van der Waals surface area (Å²) in [4.78, 5) is 4.93. The summed E-state index contributed by atoms with van der Waals surface area (Å²) in [5.74, 6) is 3.21. The third-order valence-electron chi connectivity index (χ3n) is 5.85. The average molecular weight is 447 g/mol. The van der Waals surface area contributed by atoms with Gasteiger partial charge in [0.05, 0.1) is 31.8 Å². The molecule has 1 aliphatic rings. The SMILES string of the molecule is COc1cccc(OC)c1OCC(O)Cn1c(C2CCCCC2)nc2ccccc21.Cl. The Morgan fingerprint density at radius 1 is 1.00 bits per heavy atom. The minimum Gasteiger partial charge on any atom is -0.493 e. The molecule has 0 spiro atoms. The van der Waals surface area contributed by atoms with E-state index in [-0.39, 0.29) is 19.0 Å². The molecule has 1 aliphatic carbocycles. The lowest BCUT2D eigenvalue weighted by Gasteiger charge is -2.23. The van der Waals surface area contributed by atoms with Crippen molar-refractivity contribution in [3.05, 3.63) is 48.3 Å². The van der Waals surface area contributed by atoms with Crippen LogP contribution in [-0.2, 0) is 6.54 Å². The third-order valence-corrected chi connectivity index (χ3v) is 5.85. The molecule has 1 heterocycles. The number of fused-ring (bicyclic) bond motifs is 1. The van der Waals surface area contributed by atoms with Crippen LogP contribution in [0.25, 0.3) is 11.0 Å². The molecule has 168 valence electrons. The van der Waals surface area contributed by atoms with E-state index < -0.39 is 6.10 Å². The first-order chi connectivity index (χ1) is 14.7. The van der Waals surface area contributed by atoms with E-state index in [9.17, 15) is 5.11 Å². The molecule has 4 rings (SSSR count). The maximum Gasteiger partial charge on any atom is 0.203 e. The van der Waals surface area contributed by atoms with E-state index in [0.29, 0.717) is 29.7 Å².